The fraction of sp³-hybridized carbons (Fsp3) is 0.333. The molecular weight excluding hydrogens is 553 g/mol. The van der Waals surface area contributed by atoms with Crippen LogP contribution in [0.25, 0.3) is 0 Å². The minimum atomic E-state index is -3.97. The lowest BCUT2D eigenvalue weighted by Crippen LogP contribution is -2.54. The van der Waals surface area contributed by atoms with Crippen molar-refractivity contribution in [3.8, 4) is 0 Å². The number of carbonyl (C=O) groups is 2. The van der Waals surface area contributed by atoms with Gasteiger partial charge in [0.25, 0.3) is 0 Å². The highest BCUT2D eigenvalue weighted by Gasteiger charge is 2.34. The molecule has 0 unspecified atom stereocenters. The predicted molar refractivity (Wildman–Crippen MR) is 155 cm³/mol. The van der Waals surface area contributed by atoms with Gasteiger partial charge in [-0.1, -0.05) is 73.0 Å². The largest absolute Gasteiger partial charge is 0.352 e. The lowest BCUT2D eigenvalue weighted by molar-refractivity contribution is -0.140. The zero-order valence-electron chi connectivity index (χ0n) is 22.3. The Morgan fingerprint density at radius 3 is 2.30 bits per heavy atom. The van der Waals surface area contributed by atoms with Crippen LogP contribution >= 0.6 is 11.6 Å². The lowest BCUT2D eigenvalue weighted by atomic mass is 10.0. The van der Waals surface area contributed by atoms with Crippen LogP contribution in [0.5, 0.6) is 0 Å². The average Bonchev–Trinajstić information content (AvgIpc) is 3.42. The van der Waals surface area contributed by atoms with Crippen LogP contribution in [0.15, 0.2) is 78.9 Å². The molecule has 40 heavy (non-hydrogen) atoms. The summed E-state index contributed by atoms with van der Waals surface area (Å²) in [5.74, 6) is -1.53. The zero-order valence-corrected chi connectivity index (χ0v) is 23.9. The Hall–Kier alpha value is -3.43. The summed E-state index contributed by atoms with van der Waals surface area (Å²) in [5, 5.41) is 3.58. The predicted octanol–water partition coefficient (Wildman–Crippen LogP) is 4.94. The number of carbonyl (C=O) groups excluding carboxylic acids is 2. The molecule has 0 spiro atoms. The van der Waals surface area contributed by atoms with Crippen molar-refractivity contribution in [1.29, 1.82) is 0 Å². The highest BCUT2D eigenvalue weighted by atomic mass is 35.5. The fourth-order valence-corrected chi connectivity index (χ4v) is 6.05. The van der Waals surface area contributed by atoms with Crippen molar-refractivity contribution in [3.63, 3.8) is 0 Å². The number of nitrogens with zero attached hydrogens (tertiary/aromatic N) is 2. The van der Waals surface area contributed by atoms with Crippen LogP contribution in [0.4, 0.5) is 10.1 Å². The maximum absolute atomic E-state index is 14.0. The molecule has 7 nitrogen and oxygen atoms in total. The standard InChI is InChI=1S/C30H33ClFN3O4S/c1-40(38,39)35(27-16-8-13-25(32)19-27)21-29(36)34(20-23-11-7-12-24(31)17-23)28(18-22-9-3-2-4-10-22)30(37)33-26-14-5-6-15-26/h2-4,7-13,16-17,19,26,28H,5-6,14-15,18,20-21H2,1H3,(H,33,37)/t28-/m1/s1. The number of rotatable bonds is 11. The van der Waals surface area contributed by atoms with Gasteiger partial charge in [-0.15, -0.1) is 0 Å². The lowest BCUT2D eigenvalue weighted by Gasteiger charge is -2.34. The molecule has 0 aliphatic heterocycles. The first-order chi connectivity index (χ1) is 19.1. The van der Waals surface area contributed by atoms with Crippen LogP contribution in [-0.4, -0.2) is 50.0 Å². The van der Waals surface area contributed by atoms with Crippen molar-refractivity contribution in [3.05, 3.63) is 101 Å². The Morgan fingerprint density at radius 1 is 0.975 bits per heavy atom. The van der Waals surface area contributed by atoms with E-state index in [0.717, 1.165) is 47.9 Å². The summed E-state index contributed by atoms with van der Waals surface area (Å²) >= 11 is 6.23. The third-order valence-corrected chi connectivity index (χ3v) is 8.37. The van der Waals surface area contributed by atoms with Crippen LogP contribution in [0.2, 0.25) is 5.02 Å². The number of sulfonamides is 1. The highest BCUT2D eigenvalue weighted by molar-refractivity contribution is 7.92. The number of anilines is 1. The SMILES string of the molecule is CS(=O)(=O)N(CC(=O)N(Cc1cccc(Cl)c1)[C@H](Cc1ccccc1)C(=O)NC1CCCC1)c1cccc(F)c1. The second-order valence-electron chi connectivity index (χ2n) is 10.1. The van der Waals surface area contributed by atoms with Gasteiger partial charge in [0.15, 0.2) is 0 Å². The molecule has 1 aliphatic carbocycles. The van der Waals surface area contributed by atoms with Crippen molar-refractivity contribution < 1.29 is 22.4 Å². The van der Waals surface area contributed by atoms with E-state index in [4.69, 9.17) is 11.6 Å². The second kappa shape index (κ2) is 13.3. The van der Waals surface area contributed by atoms with Gasteiger partial charge in [-0.3, -0.25) is 13.9 Å². The Balaban J connectivity index is 1.72. The third kappa shape index (κ3) is 8.05. The summed E-state index contributed by atoms with van der Waals surface area (Å²) in [6, 6.07) is 20.5. The Kier molecular flexibility index (Phi) is 9.81. The summed E-state index contributed by atoms with van der Waals surface area (Å²) in [5.41, 5.74) is 1.56. The van der Waals surface area contributed by atoms with Gasteiger partial charge < -0.3 is 10.2 Å². The highest BCUT2D eigenvalue weighted by Crippen LogP contribution is 2.23. The molecule has 1 fully saturated rings. The Bertz CT molecular complexity index is 1430. The number of halogens is 2. The van der Waals surface area contributed by atoms with Gasteiger partial charge in [0.2, 0.25) is 21.8 Å². The summed E-state index contributed by atoms with van der Waals surface area (Å²) in [6.45, 7) is -0.583. The topological polar surface area (TPSA) is 86.8 Å². The first kappa shape index (κ1) is 29.6. The molecule has 0 aromatic heterocycles. The maximum atomic E-state index is 14.0. The summed E-state index contributed by atoms with van der Waals surface area (Å²) in [7, 11) is -3.97. The van der Waals surface area contributed by atoms with Crippen LogP contribution in [0.1, 0.15) is 36.8 Å². The molecule has 1 atom stereocenters. The fourth-order valence-electron chi connectivity index (χ4n) is 5.00. The average molecular weight is 586 g/mol. The van der Waals surface area contributed by atoms with Crippen LogP contribution in [0, 0.1) is 5.82 Å². The Labute approximate surface area is 240 Å². The third-order valence-electron chi connectivity index (χ3n) is 6.99. The van der Waals surface area contributed by atoms with E-state index in [-0.39, 0.29) is 30.6 Å². The van der Waals surface area contributed by atoms with E-state index in [2.05, 4.69) is 5.32 Å². The second-order valence-corrected chi connectivity index (χ2v) is 12.4. The molecule has 10 heteroatoms. The van der Waals surface area contributed by atoms with Crippen molar-refractivity contribution >= 4 is 39.1 Å². The van der Waals surface area contributed by atoms with Crippen molar-refractivity contribution in [2.75, 3.05) is 17.1 Å². The molecule has 1 saturated carbocycles. The van der Waals surface area contributed by atoms with Crippen molar-refractivity contribution in [2.45, 2.75) is 50.7 Å². The first-order valence-electron chi connectivity index (χ1n) is 13.2. The van der Waals surface area contributed by atoms with E-state index in [9.17, 15) is 22.4 Å². The molecule has 4 rings (SSSR count). The quantitative estimate of drug-likeness (QED) is 0.345. The van der Waals surface area contributed by atoms with E-state index in [1.165, 1.54) is 23.1 Å². The summed E-state index contributed by atoms with van der Waals surface area (Å²) in [4.78, 5) is 29.2. The molecule has 3 aromatic rings. The van der Waals surface area contributed by atoms with Crippen LogP contribution in [0.3, 0.4) is 0 Å². The van der Waals surface area contributed by atoms with Crippen molar-refractivity contribution in [1.82, 2.24) is 10.2 Å². The van der Waals surface area contributed by atoms with Gasteiger partial charge in [0.05, 0.1) is 11.9 Å². The smallest absolute Gasteiger partial charge is 0.244 e. The number of amides is 2. The molecule has 3 aromatic carbocycles. The molecule has 0 saturated heterocycles. The zero-order chi connectivity index (χ0) is 28.7. The minimum Gasteiger partial charge on any atom is -0.352 e. The van der Waals surface area contributed by atoms with Gasteiger partial charge in [-0.05, 0) is 54.3 Å². The van der Waals surface area contributed by atoms with Gasteiger partial charge >= 0.3 is 0 Å². The number of hydrogen-bond acceptors (Lipinski definition) is 4. The first-order valence-corrected chi connectivity index (χ1v) is 15.4. The number of benzene rings is 3. The monoisotopic (exact) mass is 585 g/mol. The summed E-state index contributed by atoms with van der Waals surface area (Å²) in [6.07, 6.45) is 4.97. The molecule has 0 heterocycles. The number of nitrogens with one attached hydrogen (secondary N) is 1. The molecule has 212 valence electrons. The van der Waals surface area contributed by atoms with Gasteiger partial charge in [-0.25, -0.2) is 12.8 Å². The molecule has 0 bridgehead atoms. The van der Waals surface area contributed by atoms with Gasteiger partial charge in [0, 0.05) is 24.0 Å². The molecule has 1 N–H and O–H groups in total. The van der Waals surface area contributed by atoms with Gasteiger partial charge in [-0.2, -0.15) is 0 Å². The molecule has 2 amide bonds. The normalized spacial score (nSPS) is 14.5. The number of hydrogen-bond donors (Lipinski definition) is 1. The minimum absolute atomic E-state index is 0.0218. The van der Waals surface area contributed by atoms with E-state index >= 15 is 0 Å². The summed E-state index contributed by atoms with van der Waals surface area (Å²) < 4.78 is 40.4. The Morgan fingerprint density at radius 2 is 1.65 bits per heavy atom. The van der Waals surface area contributed by atoms with E-state index in [0.29, 0.717) is 10.6 Å². The molecule has 0 radical (unpaired) electrons. The van der Waals surface area contributed by atoms with Crippen LogP contribution in [-0.2, 0) is 32.6 Å². The van der Waals surface area contributed by atoms with Crippen LogP contribution < -0.4 is 9.62 Å². The van der Waals surface area contributed by atoms with Gasteiger partial charge in [0.1, 0.15) is 18.4 Å². The molecular formula is C30H33ClFN3O4S. The van der Waals surface area contributed by atoms with E-state index < -0.39 is 34.3 Å². The van der Waals surface area contributed by atoms with E-state index in [1.54, 1.807) is 24.3 Å². The maximum Gasteiger partial charge on any atom is 0.244 e. The molecule has 1 aliphatic rings. The van der Waals surface area contributed by atoms with Crippen molar-refractivity contribution in [2.24, 2.45) is 0 Å². The van der Waals surface area contributed by atoms with E-state index in [1.807, 2.05) is 30.3 Å².